The molecular formula is C78H52BN3. The summed E-state index contributed by atoms with van der Waals surface area (Å²) in [4.78, 5) is 5.31. The molecule has 0 fully saturated rings. The number of para-hydroxylation sites is 4. The summed E-state index contributed by atoms with van der Waals surface area (Å²) in [5, 5.41) is 2.43. The average Bonchev–Trinajstić information content (AvgIpc) is 2.36. The zero-order valence-corrected chi connectivity index (χ0v) is 44.9. The third-order valence-corrected chi connectivity index (χ3v) is 17.0. The Morgan fingerprint density at radius 2 is 0.549 bits per heavy atom. The summed E-state index contributed by atoms with van der Waals surface area (Å²) in [6, 6.07) is 117. The zero-order valence-electron chi connectivity index (χ0n) is 44.9. The fourth-order valence-electron chi connectivity index (χ4n) is 13.4. The molecule has 0 aliphatic carbocycles. The number of aromatic nitrogens is 1. The van der Waals surface area contributed by atoms with Gasteiger partial charge in [0.25, 0.3) is 6.71 Å². The van der Waals surface area contributed by atoms with E-state index in [0.29, 0.717) is 0 Å². The van der Waals surface area contributed by atoms with Crippen LogP contribution in [0.25, 0.3) is 94.3 Å². The fourth-order valence-corrected chi connectivity index (χ4v) is 13.4. The third kappa shape index (κ3) is 7.68. The van der Waals surface area contributed by atoms with E-state index in [9.17, 15) is 0 Å². The van der Waals surface area contributed by atoms with Crippen molar-refractivity contribution in [1.29, 1.82) is 0 Å². The van der Waals surface area contributed by atoms with Gasteiger partial charge in [0.05, 0.1) is 28.1 Å². The van der Waals surface area contributed by atoms with Gasteiger partial charge in [0, 0.05) is 55.8 Å². The normalized spacial score (nSPS) is 12.3. The molecule has 0 radical (unpaired) electrons. The molecule has 4 heteroatoms. The van der Waals surface area contributed by atoms with E-state index >= 15 is 0 Å². The molecule has 0 N–H and O–H groups in total. The van der Waals surface area contributed by atoms with E-state index in [2.05, 4.69) is 330 Å². The predicted octanol–water partition coefficient (Wildman–Crippen LogP) is 18.9. The molecule has 0 spiro atoms. The Labute approximate surface area is 478 Å². The standard InChI is InChI=1S/C78H52BN3/c1-7-25-53(26-8-1)59-45-47-68-72(49-59)81(77-62(55-29-11-3-12-30-55)39-23-40-63(77)56-31-13-4-14-32-56)74-51-61(80-70-43-21-19-37-66(70)67-38-20-22-44-71(67)80)52-75-76(74)79(68)69-48-46-60(54-27-9-2-10-28-54)50-73(69)82(75)78-64(57-33-15-5-16-34-57)41-24-42-65(78)58-35-17-6-18-36-58/h1-52H. The molecule has 0 atom stereocenters. The molecule has 3 heterocycles. The van der Waals surface area contributed by atoms with Crippen molar-refractivity contribution in [3.63, 3.8) is 0 Å². The van der Waals surface area contributed by atoms with Crippen LogP contribution in [0.5, 0.6) is 0 Å². The van der Waals surface area contributed by atoms with Gasteiger partial charge in [-0.1, -0.05) is 279 Å². The van der Waals surface area contributed by atoms with Crippen LogP contribution in [0, 0.1) is 0 Å². The van der Waals surface area contributed by atoms with Gasteiger partial charge in [-0.3, -0.25) is 0 Å². The molecule has 0 bridgehead atoms. The van der Waals surface area contributed by atoms with Crippen LogP contribution in [0.1, 0.15) is 0 Å². The largest absolute Gasteiger partial charge is 0.310 e. The first-order valence-electron chi connectivity index (χ1n) is 28.4. The van der Waals surface area contributed by atoms with Crippen molar-refractivity contribution in [2.75, 3.05) is 9.80 Å². The summed E-state index contributed by atoms with van der Waals surface area (Å²) in [5.74, 6) is 0. The van der Waals surface area contributed by atoms with Crippen molar-refractivity contribution < 1.29 is 0 Å². The summed E-state index contributed by atoms with van der Waals surface area (Å²) in [6.07, 6.45) is 0. The van der Waals surface area contributed by atoms with Crippen molar-refractivity contribution in [3.05, 3.63) is 315 Å². The molecule has 0 saturated carbocycles. The van der Waals surface area contributed by atoms with Crippen molar-refractivity contribution in [2.45, 2.75) is 0 Å². The lowest BCUT2D eigenvalue weighted by molar-refractivity contribution is 1.16. The Morgan fingerprint density at radius 3 is 0.902 bits per heavy atom. The molecule has 2 aliphatic heterocycles. The van der Waals surface area contributed by atoms with Crippen molar-refractivity contribution in [1.82, 2.24) is 4.57 Å². The first kappa shape index (κ1) is 47.3. The third-order valence-electron chi connectivity index (χ3n) is 17.0. The van der Waals surface area contributed by atoms with Crippen LogP contribution in [-0.4, -0.2) is 11.3 Å². The van der Waals surface area contributed by atoms with E-state index < -0.39 is 0 Å². The Kier molecular flexibility index (Phi) is 11.3. The van der Waals surface area contributed by atoms with Gasteiger partial charge in [-0.2, -0.15) is 0 Å². The molecule has 16 rings (SSSR count). The number of rotatable bonds is 9. The van der Waals surface area contributed by atoms with E-state index in [-0.39, 0.29) is 6.71 Å². The van der Waals surface area contributed by atoms with Crippen molar-refractivity contribution >= 4 is 79.0 Å². The molecule has 0 unspecified atom stereocenters. The molecule has 382 valence electrons. The topological polar surface area (TPSA) is 11.4 Å². The lowest BCUT2D eigenvalue weighted by atomic mass is 9.33. The molecule has 0 amide bonds. The van der Waals surface area contributed by atoms with Crippen LogP contribution >= 0.6 is 0 Å². The number of hydrogen-bond donors (Lipinski definition) is 0. The first-order chi connectivity index (χ1) is 40.7. The van der Waals surface area contributed by atoms with Gasteiger partial charge in [-0.15, -0.1) is 0 Å². The highest BCUT2D eigenvalue weighted by Gasteiger charge is 2.45. The van der Waals surface area contributed by atoms with Gasteiger partial charge in [0.1, 0.15) is 0 Å². The maximum atomic E-state index is 2.65. The lowest BCUT2D eigenvalue weighted by Gasteiger charge is -2.46. The summed E-state index contributed by atoms with van der Waals surface area (Å²) < 4.78 is 2.51. The maximum Gasteiger partial charge on any atom is 0.252 e. The summed E-state index contributed by atoms with van der Waals surface area (Å²) in [5.41, 5.74) is 27.7. The summed E-state index contributed by atoms with van der Waals surface area (Å²) >= 11 is 0. The molecule has 1 aromatic heterocycles. The lowest BCUT2D eigenvalue weighted by Crippen LogP contribution is -2.61. The van der Waals surface area contributed by atoms with Gasteiger partial charge < -0.3 is 14.4 Å². The quantitative estimate of drug-likeness (QED) is 0.134. The van der Waals surface area contributed by atoms with E-state index in [1.54, 1.807) is 0 Å². The first-order valence-corrected chi connectivity index (χ1v) is 28.4. The fraction of sp³-hybridized carbons (Fsp3) is 0. The Hall–Kier alpha value is -10.7. The predicted molar refractivity (Wildman–Crippen MR) is 347 cm³/mol. The minimum atomic E-state index is -0.169. The van der Waals surface area contributed by atoms with E-state index in [1.807, 2.05) is 0 Å². The second kappa shape index (κ2) is 19.6. The number of nitrogens with zero attached hydrogens (tertiary/aromatic N) is 3. The Balaban J connectivity index is 1.11. The zero-order chi connectivity index (χ0) is 54.1. The molecule has 82 heavy (non-hydrogen) atoms. The molecule has 2 aliphatic rings. The van der Waals surface area contributed by atoms with Gasteiger partial charge >= 0.3 is 0 Å². The monoisotopic (exact) mass is 1040 g/mol. The van der Waals surface area contributed by atoms with Gasteiger partial charge in [-0.05, 0) is 97.3 Å². The van der Waals surface area contributed by atoms with Crippen molar-refractivity contribution in [2.24, 2.45) is 0 Å². The highest BCUT2D eigenvalue weighted by molar-refractivity contribution is 7.00. The second-order valence-corrected chi connectivity index (χ2v) is 21.5. The van der Waals surface area contributed by atoms with Crippen LogP contribution in [0.4, 0.5) is 34.1 Å². The number of anilines is 6. The highest BCUT2D eigenvalue weighted by atomic mass is 15.2. The van der Waals surface area contributed by atoms with Gasteiger partial charge in [0.2, 0.25) is 0 Å². The smallest absolute Gasteiger partial charge is 0.252 e. The number of hydrogen-bond acceptors (Lipinski definition) is 2. The van der Waals surface area contributed by atoms with E-state index in [4.69, 9.17) is 0 Å². The van der Waals surface area contributed by atoms with Gasteiger partial charge in [0.15, 0.2) is 0 Å². The Morgan fingerprint density at radius 1 is 0.232 bits per heavy atom. The average molecular weight is 1040 g/mol. The van der Waals surface area contributed by atoms with Gasteiger partial charge in [-0.25, -0.2) is 0 Å². The van der Waals surface area contributed by atoms with Crippen molar-refractivity contribution in [3.8, 4) is 72.4 Å². The number of fused-ring (bicyclic) bond motifs is 7. The van der Waals surface area contributed by atoms with Crippen LogP contribution in [0.2, 0.25) is 0 Å². The minimum Gasteiger partial charge on any atom is -0.310 e. The molecule has 0 saturated heterocycles. The number of benzene rings is 13. The molecule has 13 aromatic carbocycles. The molecular weight excluding hydrogens is 990 g/mol. The SMILES string of the molecule is c1ccc(-c2ccc3c(c2)N(c2c(-c4ccccc4)cccc2-c2ccccc2)c2cc(-n4c5ccccc5c5ccccc54)cc4c2B3c2ccc(-c3ccccc3)cc2N4c2c(-c3ccccc3)cccc2-c2ccccc2)cc1. The minimum absolute atomic E-state index is 0.169. The molecule has 3 nitrogen and oxygen atoms in total. The van der Waals surface area contributed by atoms with Crippen LogP contribution < -0.4 is 26.2 Å². The van der Waals surface area contributed by atoms with E-state index in [1.165, 1.54) is 38.3 Å². The summed E-state index contributed by atoms with van der Waals surface area (Å²) in [7, 11) is 0. The molecule has 14 aromatic rings. The van der Waals surface area contributed by atoms with Crippen LogP contribution in [0.3, 0.4) is 0 Å². The Bertz CT molecular complexity index is 4320. The van der Waals surface area contributed by atoms with Crippen LogP contribution in [-0.2, 0) is 0 Å². The van der Waals surface area contributed by atoms with E-state index in [0.717, 1.165) is 106 Å². The van der Waals surface area contributed by atoms with Crippen LogP contribution in [0.15, 0.2) is 315 Å². The highest BCUT2D eigenvalue weighted by Crippen LogP contribution is 2.54. The maximum absolute atomic E-state index is 2.65. The summed E-state index contributed by atoms with van der Waals surface area (Å²) in [6.45, 7) is -0.169. The second-order valence-electron chi connectivity index (χ2n) is 21.5.